The third-order valence-electron chi connectivity index (χ3n) is 1.79. The summed E-state index contributed by atoms with van der Waals surface area (Å²) in [7, 11) is 1.67. The smallest absolute Gasteiger partial charge is 0.191 e. The van der Waals surface area contributed by atoms with Crippen molar-refractivity contribution in [2.45, 2.75) is 13.3 Å². The maximum absolute atomic E-state index is 5.01. The van der Waals surface area contributed by atoms with E-state index in [-0.39, 0.29) is 0 Å². The number of methoxy groups -OCH3 is 1. The maximum Gasteiger partial charge on any atom is 0.191 e. The molecular weight excluding hydrogens is 158 g/mol. The van der Waals surface area contributed by atoms with Crippen molar-refractivity contribution >= 4 is 0 Å². The normalized spacial score (nSPS) is 20.5. The van der Waals surface area contributed by atoms with Gasteiger partial charge in [0, 0.05) is 26.8 Å². The summed E-state index contributed by atoms with van der Waals surface area (Å²) in [4.78, 5) is 4.97. The van der Waals surface area contributed by atoms with Gasteiger partial charge in [-0.2, -0.15) is 5.01 Å². The predicted molar refractivity (Wildman–Crippen MR) is 44.0 cm³/mol. The van der Waals surface area contributed by atoms with Crippen molar-refractivity contribution in [2.24, 2.45) is 0 Å². The molecule has 0 bridgehead atoms. The summed E-state index contributed by atoms with van der Waals surface area (Å²) in [5.74, 6) is 0. The van der Waals surface area contributed by atoms with Crippen LogP contribution >= 0.6 is 0 Å². The van der Waals surface area contributed by atoms with E-state index in [0.717, 1.165) is 18.2 Å². The van der Waals surface area contributed by atoms with Gasteiger partial charge < -0.3 is 15.2 Å². The lowest BCUT2D eigenvalue weighted by molar-refractivity contribution is -1.02. The van der Waals surface area contributed by atoms with Crippen LogP contribution in [0.25, 0.3) is 5.59 Å². The van der Waals surface area contributed by atoms with Gasteiger partial charge in [-0.15, -0.1) is 0 Å². The Balaban J connectivity index is 2.17. The highest BCUT2D eigenvalue weighted by Gasteiger charge is 2.20. The average molecular weight is 175 g/mol. The number of ether oxygens (including phenoxy) is 1. The molecule has 0 aromatic rings. The summed E-state index contributed by atoms with van der Waals surface area (Å²) >= 11 is 0. The zero-order valence-corrected chi connectivity index (χ0v) is 7.75. The summed E-state index contributed by atoms with van der Waals surface area (Å²) in [6.45, 7) is 5.23. The number of rotatable bonds is 6. The summed E-state index contributed by atoms with van der Waals surface area (Å²) in [6, 6.07) is 0. The molecule has 12 heavy (non-hydrogen) atoms. The fraction of sp³-hybridized carbons (Fsp3) is 1.00. The highest BCUT2D eigenvalue weighted by atomic mass is 16.7. The molecule has 1 unspecified atom stereocenters. The molecule has 1 rings (SSSR count). The van der Waals surface area contributed by atoms with Gasteiger partial charge in [-0.1, -0.05) is 0 Å². The van der Waals surface area contributed by atoms with E-state index in [9.17, 15) is 0 Å². The van der Waals surface area contributed by atoms with E-state index in [1.807, 2.05) is 6.92 Å². The number of hydrogen-bond acceptors (Lipinski definition) is 3. The van der Waals surface area contributed by atoms with E-state index in [1.54, 1.807) is 7.11 Å². The van der Waals surface area contributed by atoms with Gasteiger partial charge in [0.05, 0.1) is 0 Å². The molecule has 1 saturated heterocycles. The van der Waals surface area contributed by atoms with Crippen LogP contribution in [0.4, 0.5) is 0 Å². The molecule has 5 nitrogen and oxygen atoms in total. The van der Waals surface area contributed by atoms with Crippen LogP contribution in [0.15, 0.2) is 0 Å². The molecule has 1 atom stereocenters. The Morgan fingerprint density at radius 3 is 2.67 bits per heavy atom. The lowest BCUT2D eigenvalue weighted by Gasteiger charge is -2.42. The van der Waals surface area contributed by atoms with Crippen LogP contribution < -0.4 is 5.12 Å². The first-order valence-electron chi connectivity index (χ1n) is 4.31. The van der Waals surface area contributed by atoms with Crippen LogP contribution in [0.2, 0.25) is 0 Å². The molecule has 1 aliphatic heterocycles. The lowest BCUT2D eigenvalue weighted by atomic mass is 10.3. The highest BCUT2D eigenvalue weighted by Crippen LogP contribution is 1.98. The second kappa shape index (κ2) is 5.45. The molecule has 0 saturated carbocycles. The van der Waals surface area contributed by atoms with Crippen molar-refractivity contribution in [2.75, 3.05) is 33.5 Å². The van der Waals surface area contributed by atoms with Gasteiger partial charge in [0.15, 0.2) is 6.73 Å². The van der Waals surface area contributed by atoms with Gasteiger partial charge in [-0.05, 0) is 13.3 Å². The monoisotopic (exact) mass is 175 g/mol. The molecule has 5 heteroatoms. The fourth-order valence-electron chi connectivity index (χ4n) is 1.02. The van der Waals surface area contributed by atoms with E-state index in [2.05, 4.69) is 10.6 Å². The SMILES string of the molecule is CCO[N-][NH+](COC)N1CCC1. The molecule has 1 heterocycles. The minimum Gasteiger partial charge on any atom is -0.435 e. The summed E-state index contributed by atoms with van der Waals surface area (Å²) in [5, 5.41) is 3.07. The molecule has 0 radical (unpaired) electrons. The first kappa shape index (κ1) is 9.88. The molecule has 0 aliphatic carbocycles. The van der Waals surface area contributed by atoms with Crippen LogP contribution in [0.1, 0.15) is 13.3 Å². The molecule has 0 aromatic heterocycles. The third-order valence-corrected chi connectivity index (χ3v) is 1.79. The number of hydrogen-bond donors (Lipinski definition) is 1. The van der Waals surface area contributed by atoms with Crippen molar-refractivity contribution in [3.8, 4) is 0 Å². The Bertz CT molecular complexity index is 119. The quantitative estimate of drug-likeness (QED) is 0.430. The lowest BCUT2D eigenvalue weighted by Crippen LogP contribution is -3.16. The van der Waals surface area contributed by atoms with E-state index in [0.29, 0.717) is 13.3 Å². The Morgan fingerprint density at radius 2 is 2.25 bits per heavy atom. The molecule has 1 fully saturated rings. The van der Waals surface area contributed by atoms with Gasteiger partial charge in [-0.3, -0.25) is 5.12 Å². The first-order valence-corrected chi connectivity index (χ1v) is 4.31. The Kier molecular flexibility index (Phi) is 4.49. The molecule has 72 valence electrons. The second-order valence-corrected chi connectivity index (χ2v) is 2.70. The van der Waals surface area contributed by atoms with Crippen LogP contribution in [-0.4, -0.2) is 38.5 Å². The van der Waals surface area contributed by atoms with Crippen molar-refractivity contribution in [1.29, 1.82) is 0 Å². The van der Waals surface area contributed by atoms with Crippen molar-refractivity contribution in [3.05, 3.63) is 5.59 Å². The predicted octanol–water partition coefficient (Wildman–Crippen LogP) is -0.664. The van der Waals surface area contributed by atoms with Gasteiger partial charge in [0.25, 0.3) is 0 Å². The zero-order valence-electron chi connectivity index (χ0n) is 7.75. The van der Waals surface area contributed by atoms with Crippen molar-refractivity contribution in [3.63, 3.8) is 0 Å². The van der Waals surface area contributed by atoms with Crippen LogP contribution in [-0.2, 0) is 9.57 Å². The number of nitrogens with one attached hydrogen (secondary N) is 1. The van der Waals surface area contributed by atoms with Crippen LogP contribution in [0, 0.1) is 0 Å². The van der Waals surface area contributed by atoms with Gasteiger partial charge in [0.2, 0.25) is 0 Å². The topological polar surface area (TPSA) is 40.2 Å². The molecule has 0 spiro atoms. The third kappa shape index (κ3) is 2.69. The highest BCUT2D eigenvalue weighted by molar-refractivity contribution is 4.57. The maximum atomic E-state index is 5.01. The molecule has 1 aliphatic rings. The number of nitrogens with zero attached hydrogens (tertiary/aromatic N) is 2. The van der Waals surface area contributed by atoms with Crippen LogP contribution in [0.5, 0.6) is 0 Å². The standard InChI is InChI=1S/C7H17N3O2/c1-3-12-8-10(7-11-2)9-5-4-6-9/h10H,3-7H2,1-2H3. The molecular formula is C7H17N3O2. The molecule has 0 amide bonds. The van der Waals surface area contributed by atoms with E-state index >= 15 is 0 Å². The van der Waals surface area contributed by atoms with E-state index in [1.165, 1.54) is 6.42 Å². The summed E-state index contributed by atoms with van der Waals surface area (Å²) in [5.41, 5.74) is 3.97. The fourth-order valence-corrected chi connectivity index (χ4v) is 1.02. The Labute approximate surface area is 73.1 Å². The zero-order chi connectivity index (χ0) is 8.81. The van der Waals surface area contributed by atoms with Gasteiger partial charge >= 0.3 is 0 Å². The Hall–Kier alpha value is -0.200. The van der Waals surface area contributed by atoms with E-state index in [4.69, 9.17) is 9.57 Å². The van der Waals surface area contributed by atoms with Crippen molar-refractivity contribution < 1.29 is 14.7 Å². The summed E-state index contributed by atoms with van der Waals surface area (Å²) in [6.07, 6.45) is 1.24. The van der Waals surface area contributed by atoms with E-state index < -0.39 is 0 Å². The molecule has 0 aromatic carbocycles. The second-order valence-electron chi connectivity index (χ2n) is 2.70. The number of quaternary nitrogens is 1. The summed E-state index contributed by atoms with van der Waals surface area (Å²) < 4.78 is 5.01. The van der Waals surface area contributed by atoms with Crippen molar-refractivity contribution in [1.82, 2.24) is 5.01 Å². The Morgan fingerprint density at radius 1 is 1.50 bits per heavy atom. The van der Waals surface area contributed by atoms with Gasteiger partial charge in [-0.25, -0.2) is 0 Å². The minimum atomic E-state index is 0.542. The minimum absolute atomic E-state index is 0.542. The van der Waals surface area contributed by atoms with Crippen LogP contribution in [0.3, 0.4) is 0 Å². The first-order chi connectivity index (χ1) is 5.88. The molecule has 1 N–H and O–H groups in total. The average Bonchev–Trinajstić information content (AvgIpc) is 1.97. The largest absolute Gasteiger partial charge is 0.435 e. The van der Waals surface area contributed by atoms with Gasteiger partial charge in [0.1, 0.15) is 0 Å².